The fraction of sp³-hybridized carbons (Fsp3) is 0.310. The summed E-state index contributed by atoms with van der Waals surface area (Å²) in [6.45, 7) is 5.84. The highest BCUT2D eigenvalue weighted by atomic mass is 16.6. The van der Waals surface area contributed by atoms with Gasteiger partial charge in [-0.15, -0.1) is 0 Å². The normalized spacial score (nSPS) is 18.9. The van der Waals surface area contributed by atoms with E-state index in [4.69, 9.17) is 4.74 Å². The molecule has 35 heavy (non-hydrogen) atoms. The molecule has 4 rings (SSSR count). The first-order valence-electron chi connectivity index (χ1n) is 11.8. The summed E-state index contributed by atoms with van der Waals surface area (Å²) >= 11 is 0. The average molecular weight is 473 g/mol. The molecule has 182 valence electrons. The predicted octanol–water partition coefficient (Wildman–Crippen LogP) is 5.31. The molecule has 1 N–H and O–H groups in total. The van der Waals surface area contributed by atoms with Crippen molar-refractivity contribution in [3.05, 3.63) is 100 Å². The van der Waals surface area contributed by atoms with E-state index in [0.717, 1.165) is 28.0 Å². The summed E-state index contributed by atoms with van der Waals surface area (Å²) in [6.07, 6.45) is 4.15. The fourth-order valence-corrected chi connectivity index (χ4v) is 4.82. The molecule has 6 nitrogen and oxygen atoms in total. The monoisotopic (exact) mass is 472 g/mol. The van der Waals surface area contributed by atoms with Crippen LogP contribution in [0.4, 0.5) is 4.79 Å². The molecular formula is C29H32N2O4. The zero-order chi connectivity index (χ0) is 25.2. The number of rotatable bonds is 6. The molecule has 6 heteroatoms. The predicted molar refractivity (Wildman–Crippen MR) is 138 cm³/mol. The highest BCUT2D eigenvalue weighted by molar-refractivity contribution is 5.83. The molecule has 0 saturated carbocycles. The Morgan fingerprint density at radius 3 is 2.26 bits per heavy atom. The third-order valence-electron chi connectivity index (χ3n) is 6.42. The zero-order valence-electron chi connectivity index (χ0n) is 20.7. The van der Waals surface area contributed by atoms with E-state index < -0.39 is 17.3 Å². The Balaban J connectivity index is 1.59. The van der Waals surface area contributed by atoms with Crippen molar-refractivity contribution < 1.29 is 14.6 Å². The van der Waals surface area contributed by atoms with Gasteiger partial charge in [-0.05, 0) is 49.1 Å². The lowest BCUT2D eigenvalue weighted by molar-refractivity contribution is -0.0889. The van der Waals surface area contributed by atoms with Crippen LogP contribution in [0.2, 0.25) is 0 Å². The summed E-state index contributed by atoms with van der Waals surface area (Å²) in [4.78, 5) is 26.7. The number of hydrogen-bond acceptors (Lipinski definition) is 4. The lowest BCUT2D eigenvalue weighted by Crippen LogP contribution is -2.49. The minimum absolute atomic E-state index is 0.0543. The SMILES string of the molecule is C/C=C(\c1ccc(-c2ccc(=O)n(C)c2)cc1)N1CC[C@](CC(C)(C)O)(c2ccccc2)OC1=O. The molecule has 1 amide bonds. The second kappa shape index (κ2) is 9.55. The first kappa shape index (κ1) is 24.5. The quantitative estimate of drug-likeness (QED) is 0.528. The number of cyclic esters (lactones) is 1. The maximum atomic E-state index is 13.3. The van der Waals surface area contributed by atoms with E-state index in [1.807, 2.05) is 79.9 Å². The molecule has 1 aliphatic rings. The van der Waals surface area contributed by atoms with Crippen molar-refractivity contribution in [3.8, 4) is 11.1 Å². The van der Waals surface area contributed by atoms with Gasteiger partial charge in [0.1, 0.15) is 5.60 Å². The summed E-state index contributed by atoms with van der Waals surface area (Å²) in [5, 5.41) is 10.6. The van der Waals surface area contributed by atoms with Crippen LogP contribution in [0.3, 0.4) is 0 Å². The van der Waals surface area contributed by atoms with E-state index in [2.05, 4.69) is 0 Å². The Morgan fingerprint density at radius 2 is 1.69 bits per heavy atom. The van der Waals surface area contributed by atoms with Crippen LogP contribution in [0.1, 0.15) is 44.7 Å². The van der Waals surface area contributed by atoms with Crippen molar-refractivity contribution in [2.24, 2.45) is 7.05 Å². The number of carbonyl (C=O) groups is 1. The van der Waals surface area contributed by atoms with Crippen LogP contribution in [0, 0.1) is 0 Å². The van der Waals surface area contributed by atoms with Gasteiger partial charge in [0.15, 0.2) is 0 Å². The molecule has 0 spiro atoms. The van der Waals surface area contributed by atoms with Crippen LogP contribution in [0.15, 0.2) is 83.8 Å². The highest BCUT2D eigenvalue weighted by Crippen LogP contribution is 2.42. The fourth-order valence-electron chi connectivity index (χ4n) is 4.82. The summed E-state index contributed by atoms with van der Waals surface area (Å²) < 4.78 is 7.68. The molecule has 1 saturated heterocycles. The van der Waals surface area contributed by atoms with Crippen LogP contribution in [-0.2, 0) is 17.4 Å². The van der Waals surface area contributed by atoms with Crippen LogP contribution in [0.5, 0.6) is 0 Å². The second-order valence-corrected chi connectivity index (χ2v) is 9.74. The number of nitrogens with zero attached hydrogens (tertiary/aromatic N) is 2. The Hall–Kier alpha value is -3.64. The van der Waals surface area contributed by atoms with Gasteiger partial charge in [0.05, 0.1) is 5.60 Å². The van der Waals surface area contributed by atoms with Crippen LogP contribution < -0.4 is 5.56 Å². The van der Waals surface area contributed by atoms with Crippen molar-refractivity contribution in [2.75, 3.05) is 6.54 Å². The van der Waals surface area contributed by atoms with Crippen LogP contribution >= 0.6 is 0 Å². The molecule has 1 atom stereocenters. The van der Waals surface area contributed by atoms with Gasteiger partial charge in [-0.2, -0.15) is 0 Å². The van der Waals surface area contributed by atoms with E-state index in [9.17, 15) is 14.7 Å². The van der Waals surface area contributed by atoms with E-state index >= 15 is 0 Å². The summed E-state index contributed by atoms with van der Waals surface area (Å²) in [5.41, 5.74) is 2.53. The molecule has 2 aromatic carbocycles. The lowest BCUT2D eigenvalue weighted by Gasteiger charge is -2.44. The van der Waals surface area contributed by atoms with E-state index in [1.54, 1.807) is 36.4 Å². The molecular weight excluding hydrogens is 440 g/mol. The molecule has 1 aliphatic heterocycles. The number of pyridine rings is 1. The number of ether oxygens (including phenoxy) is 1. The number of benzene rings is 2. The molecule has 0 bridgehead atoms. The number of aliphatic hydroxyl groups is 1. The lowest BCUT2D eigenvalue weighted by atomic mass is 9.80. The van der Waals surface area contributed by atoms with Crippen molar-refractivity contribution in [3.63, 3.8) is 0 Å². The van der Waals surface area contributed by atoms with Crippen molar-refractivity contribution >= 4 is 11.8 Å². The molecule has 0 aliphatic carbocycles. The van der Waals surface area contributed by atoms with Gasteiger partial charge < -0.3 is 14.4 Å². The smallest absolute Gasteiger partial charge is 0.415 e. The van der Waals surface area contributed by atoms with Crippen molar-refractivity contribution in [1.82, 2.24) is 9.47 Å². The Kier molecular flexibility index (Phi) is 6.68. The standard InChI is InChI=1S/C29H32N2O4/c1-5-25(22-13-11-21(12-14-22)23-15-16-26(32)30(4)19-23)31-18-17-29(35-27(31)33,20-28(2,3)34)24-9-7-6-8-10-24/h5-16,19,34H,17-18,20H2,1-4H3/b25-5+/t29-/m0/s1. The molecule has 1 fully saturated rings. The largest absolute Gasteiger partial charge is 0.437 e. The average Bonchev–Trinajstić information content (AvgIpc) is 2.83. The third-order valence-corrected chi connectivity index (χ3v) is 6.42. The Morgan fingerprint density at radius 1 is 1.03 bits per heavy atom. The highest BCUT2D eigenvalue weighted by Gasteiger charge is 2.46. The van der Waals surface area contributed by atoms with Gasteiger partial charge in [-0.3, -0.25) is 9.69 Å². The van der Waals surface area contributed by atoms with Gasteiger partial charge in [-0.1, -0.05) is 60.7 Å². The topological polar surface area (TPSA) is 71.8 Å². The number of carbonyl (C=O) groups excluding carboxylic acids is 1. The maximum Gasteiger partial charge on any atom is 0.415 e. The number of hydrogen-bond donors (Lipinski definition) is 1. The van der Waals surface area contributed by atoms with Gasteiger partial charge in [0.2, 0.25) is 5.56 Å². The summed E-state index contributed by atoms with van der Waals surface area (Å²) in [6, 6.07) is 20.9. The van der Waals surface area contributed by atoms with Gasteiger partial charge in [-0.25, -0.2) is 4.79 Å². The Bertz CT molecular complexity index is 1290. The first-order chi connectivity index (χ1) is 16.6. The summed E-state index contributed by atoms with van der Waals surface area (Å²) in [5.74, 6) is 0. The van der Waals surface area contributed by atoms with Crippen molar-refractivity contribution in [2.45, 2.75) is 44.8 Å². The van der Waals surface area contributed by atoms with E-state index in [-0.39, 0.29) is 5.56 Å². The third kappa shape index (κ3) is 5.23. The minimum atomic E-state index is -1.00. The zero-order valence-corrected chi connectivity index (χ0v) is 20.7. The molecule has 0 unspecified atom stereocenters. The molecule has 3 aromatic rings. The van der Waals surface area contributed by atoms with E-state index in [1.165, 1.54) is 0 Å². The second-order valence-electron chi connectivity index (χ2n) is 9.74. The van der Waals surface area contributed by atoms with Crippen LogP contribution in [0.25, 0.3) is 16.8 Å². The van der Waals surface area contributed by atoms with Gasteiger partial charge in [0, 0.05) is 44.4 Å². The molecule has 2 heterocycles. The summed E-state index contributed by atoms with van der Waals surface area (Å²) in [7, 11) is 1.73. The van der Waals surface area contributed by atoms with E-state index in [0.29, 0.717) is 19.4 Å². The van der Waals surface area contributed by atoms with Crippen molar-refractivity contribution in [1.29, 1.82) is 0 Å². The maximum absolute atomic E-state index is 13.3. The minimum Gasteiger partial charge on any atom is -0.437 e. The van der Waals surface area contributed by atoms with Gasteiger partial charge in [0.25, 0.3) is 0 Å². The van der Waals surface area contributed by atoms with Gasteiger partial charge >= 0.3 is 6.09 Å². The van der Waals surface area contributed by atoms with Crippen LogP contribution in [-0.4, -0.2) is 32.8 Å². The Labute approximate surface area is 206 Å². The number of aromatic nitrogens is 1. The molecule has 1 aromatic heterocycles. The molecule has 0 radical (unpaired) electrons. The number of amides is 1. The first-order valence-corrected chi connectivity index (χ1v) is 11.8. The number of allylic oxidation sites excluding steroid dienone is 1. The number of aryl methyl sites for hydroxylation is 1.